The Morgan fingerprint density at radius 3 is 2.53 bits per heavy atom. The zero-order valence-corrected chi connectivity index (χ0v) is 10.8. The molecule has 1 atom stereocenters. The highest BCUT2D eigenvalue weighted by Crippen LogP contribution is 2.28. The first-order valence-electron chi connectivity index (χ1n) is 6.46. The van der Waals surface area contributed by atoms with Crippen molar-refractivity contribution in [3.05, 3.63) is 12.3 Å². The Morgan fingerprint density at radius 1 is 1.35 bits per heavy atom. The van der Waals surface area contributed by atoms with Crippen molar-refractivity contribution in [3.8, 4) is 0 Å². The van der Waals surface area contributed by atoms with Gasteiger partial charge >= 0.3 is 6.09 Å². The molecule has 4 nitrogen and oxygen atoms in total. The molecule has 1 aliphatic carbocycles. The van der Waals surface area contributed by atoms with Crippen LogP contribution in [-0.4, -0.2) is 47.6 Å². The number of hydrogen-bond donors (Lipinski definition) is 0. The molecule has 0 unspecified atom stereocenters. The summed E-state index contributed by atoms with van der Waals surface area (Å²) in [6, 6.07) is 1.19. The number of rotatable bonds is 2. The van der Waals surface area contributed by atoms with Crippen LogP contribution in [0.4, 0.5) is 4.79 Å². The van der Waals surface area contributed by atoms with Crippen molar-refractivity contribution in [3.63, 3.8) is 0 Å². The first kappa shape index (κ1) is 12.4. The summed E-state index contributed by atoms with van der Waals surface area (Å²) in [6.07, 6.45) is 3.74. The fourth-order valence-corrected chi connectivity index (χ4v) is 2.61. The van der Waals surface area contributed by atoms with Gasteiger partial charge in [-0.25, -0.2) is 4.79 Å². The Hall–Kier alpha value is -1.03. The third-order valence-electron chi connectivity index (χ3n) is 3.74. The third kappa shape index (κ3) is 2.80. The van der Waals surface area contributed by atoms with Gasteiger partial charge in [0.15, 0.2) is 0 Å². The fourth-order valence-electron chi connectivity index (χ4n) is 2.61. The van der Waals surface area contributed by atoms with E-state index < -0.39 is 0 Å². The van der Waals surface area contributed by atoms with Gasteiger partial charge in [-0.1, -0.05) is 13.0 Å². The summed E-state index contributed by atoms with van der Waals surface area (Å²) >= 11 is 0. The van der Waals surface area contributed by atoms with E-state index in [1.165, 1.54) is 19.3 Å². The predicted octanol–water partition coefficient (Wildman–Crippen LogP) is 2.22. The van der Waals surface area contributed by atoms with E-state index in [9.17, 15) is 4.79 Å². The monoisotopic (exact) mass is 238 g/mol. The van der Waals surface area contributed by atoms with Gasteiger partial charge < -0.3 is 9.64 Å². The topological polar surface area (TPSA) is 32.8 Å². The van der Waals surface area contributed by atoms with Crippen molar-refractivity contribution >= 4 is 6.09 Å². The molecule has 0 spiro atoms. The lowest BCUT2D eigenvalue weighted by Crippen LogP contribution is -2.58. The van der Waals surface area contributed by atoms with E-state index in [1.807, 2.05) is 0 Å². The fraction of sp³-hybridized carbons (Fsp3) is 0.769. The van der Waals surface area contributed by atoms with E-state index in [2.05, 4.69) is 18.4 Å². The molecule has 1 aliphatic heterocycles. The molecule has 0 aromatic carbocycles. The van der Waals surface area contributed by atoms with E-state index in [1.54, 1.807) is 11.8 Å². The van der Waals surface area contributed by atoms with E-state index >= 15 is 0 Å². The minimum atomic E-state index is -0.252. The Kier molecular flexibility index (Phi) is 3.72. The van der Waals surface area contributed by atoms with Gasteiger partial charge in [-0.05, 0) is 26.7 Å². The largest absolute Gasteiger partial charge is 0.416 e. The van der Waals surface area contributed by atoms with Gasteiger partial charge in [-0.15, -0.1) is 0 Å². The second-order valence-electron chi connectivity index (χ2n) is 5.19. The summed E-state index contributed by atoms with van der Waals surface area (Å²) in [5.74, 6) is 0.462. The number of piperazine rings is 1. The van der Waals surface area contributed by atoms with E-state index in [4.69, 9.17) is 4.74 Å². The molecule has 0 bridgehead atoms. The SMILES string of the molecule is C=C(C)OC(=O)N1CCN(C2CCC2)[C@H](C)C1. The Bertz CT molecular complexity index is 313. The molecule has 1 saturated carbocycles. The highest BCUT2D eigenvalue weighted by molar-refractivity contribution is 5.68. The number of nitrogens with zero attached hydrogens (tertiary/aromatic N) is 2. The molecule has 1 saturated heterocycles. The minimum absolute atomic E-state index is 0.252. The molecule has 2 fully saturated rings. The van der Waals surface area contributed by atoms with E-state index in [0.717, 1.165) is 25.7 Å². The Labute approximate surface area is 103 Å². The van der Waals surface area contributed by atoms with Gasteiger partial charge in [-0.2, -0.15) is 0 Å². The number of carbonyl (C=O) groups excluding carboxylic acids is 1. The smallest absolute Gasteiger partial charge is 0.414 e. The molecule has 0 radical (unpaired) electrons. The first-order chi connectivity index (χ1) is 8.08. The summed E-state index contributed by atoms with van der Waals surface area (Å²) in [5, 5.41) is 0. The van der Waals surface area contributed by atoms with Gasteiger partial charge in [-0.3, -0.25) is 4.90 Å². The average Bonchev–Trinajstić information content (AvgIpc) is 2.17. The number of ether oxygens (including phenoxy) is 1. The van der Waals surface area contributed by atoms with Gasteiger partial charge in [0.05, 0.1) is 5.76 Å². The van der Waals surface area contributed by atoms with Crippen molar-refractivity contribution in [2.45, 2.75) is 45.2 Å². The van der Waals surface area contributed by atoms with E-state index in [-0.39, 0.29) is 6.09 Å². The summed E-state index contributed by atoms with van der Waals surface area (Å²) in [7, 11) is 0. The molecule has 4 heteroatoms. The minimum Gasteiger partial charge on any atom is -0.416 e. The molecule has 1 amide bonds. The van der Waals surface area contributed by atoms with Crippen molar-refractivity contribution < 1.29 is 9.53 Å². The van der Waals surface area contributed by atoms with Crippen LogP contribution in [0.15, 0.2) is 12.3 Å². The highest BCUT2D eigenvalue weighted by Gasteiger charge is 2.34. The molecular weight excluding hydrogens is 216 g/mol. The summed E-state index contributed by atoms with van der Waals surface area (Å²) in [5.41, 5.74) is 0. The number of carbonyl (C=O) groups is 1. The standard InChI is InChI=1S/C13H22N2O2/c1-10(2)17-13(16)14-7-8-15(11(3)9-14)12-5-4-6-12/h11-12H,1,4-9H2,2-3H3/t11-/m1/s1. The Morgan fingerprint density at radius 2 is 2.06 bits per heavy atom. The van der Waals surface area contributed by atoms with Crippen LogP contribution in [0.3, 0.4) is 0 Å². The normalized spacial score (nSPS) is 26.5. The molecule has 2 rings (SSSR count). The average molecular weight is 238 g/mol. The summed E-state index contributed by atoms with van der Waals surface area (Å²) in [6.45, 7) is 9.99. The highest BCUT2D eigenvalue weighted by atomic mass is 16.6. The van der Waals surface area contributed by atoms with Crippen LogP contribution in [-0.2, 0) is 4.74 Å². The number of amides is 1. The van der Waals surface area contributed by atoms with Crippen LogP contribution in [0, 0.1) is 0 Å². The molecular formula is C13H22N2O2. The van der Waals surface area contributed by atoms with Crippen molar-refractivity contribution in [1.82, 2.24) is 9.80 Å². The van der Waals surface area contributed by atoms with Gasteiger partial charge in [0.25, 0.3) is 0 Å². The molecule has 0 aromatic heterocycles. The van der Waals surface area contributed by atoms with Gasteiger partial charge in [0.1, 0.15) is 0 Å². The third-order valence-corrected chi connectivity index (χ3v) is 3.74. The van der Waals surface area contributed by atoms with Crippen molar-refractivity contribution in [2.24, 2.45) is 0 Å². The first-order valence-corrected chi connectivity index (χ1v) is 6.46. The lowest BCUT2D eigenvalue weighted by atomic mass is 9.90. The second-order valence-corrected chi connectivity index (χ2v) is 5.19. The van der Waals surface area contributed by atoms with Crippen LogP contribution in [0.1, 0.15) is 33.1 Å². The molecule has 96 valence electrons. The van der Waals surface area contributed by atoms with Crippen LogP contribution >= 0.6 is 0 Å². The lowest BCUT2D eigenvalue weighted by Gasteiger charge is -2.46. The van der Waals surface area contributed by atoms with E-state index in [0.29, 0.717) is 11.8 Å². The summed E-state index contributed by atoms with van der Waals surface area (Å²) < 4.78 is 5.05. The molecule has 1 heterocycles. The lowest BCUT2D eigenvalue weighted by molar-refractivity contribution is 0.0203. The second kappa shape index (κ2) is 5.08. The quantitative estimate of drug-likeness (QED) is 0.691. The molecule has 0 aromatic rings. The molecule has 2 aliphatic rings. The maximum atomic E-state index is 11.7. The molecule has 17 heavy (non-hydrogen) atoms. The predicted molar refractivity (Wildman–Crippen MR) is 66.7 cm³/mol. The van der Waals surface area contributed by atoms with Crippen LogP contribution in [0.25, 0.3) is 0 Å². The Balaban J connectivity index is 1.85. The maximum absolute atomic E-state index is 11.7. The molecule has 0 N–H and O–H groups in total. The van der Waals surface area contributed by atoms with Crippen LogP contribution in [0.5, 0.6) is 0 Å². The zero-order chi connectivity index (χ0) is 12.4. The number of allylic oxidation sites excluding steroid dienone is 1. The van der Waals surface area contributed by atoms with Gasteiger partial charge in [0.2, 0.25) is 0 Å². The van der Waals surface area contributed by atoms with Crippen molar-refractivity contribution in [1.29, 1.82) is 0 Å². The number of hydrogen-bond acceptors (Lipinski definition) is 3. The summed E-state index contributed by atoms with van der Waals surface area (Å²) in [4.78, 5) is 16.1. The van der Waals surface area contributed by atoms with Crippen LogP contribution < -0.4 is 0 Å². The van der Waals surface area contributed by atoms with Crippen molar-refractivity contribution in [2.75, 3.05) is 19.6 Å². The zero-order valence-electron chi connectivity index (χ0n) is 10.8. The van der Waals surface area contributed by atoms with Gasteiger partial charge in [0, 0.05) is 31.7 Å². The van der Waals surface area contributed by atoms with Crippen LogP contribution in [0.2, 0.25) is 0 Å². The maximum Gasteiger partial charge on any atom is 0.414 e.